The van der Waals surface area contributed by atoms with Crippen LogP contribution >= 0.6 is 0 Å². The summed E-state index contributed by atoms with van der Waals surface area (Å²) >= 11 is 0. The first-order chi connectivity index (χ1) is 10.5. The highest BCUT2D eigenvalue weighted by Crippen LogP contribution is 2.30. The van der Waals surface area contributed by atoms with Gasteiger partial charge in [0.2, 0.25) is 5.43 Å². The Labute approximate surface area is 128 Å². The maximum atomic E-state index is 12.1. The molecular weight excluding hydrogens is 274 g/mol. The topological polar surface area (TPSA) is 46.2 Å². The van der Waals surface area contributed by atoms with Crippen LogP contribution in [0.4, 0.5) is 11.4 Å². The lowest BCUT2D eigenvalue weighted by molar-refractivity contribution is 1.28. The third-order valence-electron chi connectivity index (χ3n) is 4.06. The molecule has 0 spiro atoms. The number of rotatable bonds is 3. The summed E-state index contributed by atoms with van der Waals surface area (Å²) in [5.74, 6) is 0. The molecule has 0 aliphatic rings. The molecule has 3 aromatic rings. The minimum absolute atomic E-state index is 0.391. The highest BCUT2D eigenvalue weighted by Gasteiger charge is 2.23. The lowest BCUT2D eigenvalue weighted by Gasteiger charge is -2.16. The van der Waals surface area contributed by atoms with Gasteiger partial charge in [0.05, 0.1) is 5.56 Å². The van der Waals surface area contributed by atoms with Crippen molar-refractivity contribution in [3.05, 3.63) is 79.6 Å². The van der Waals surface area contributed by atoms with E-state index in [-0.39, 0.29) is 0 Å². The molecular formula is C19H17NO2. The van der Waals surface area contributed by atoms with Gasteiger partial charge in [-0.3, -0.25) is 9.59 Å². The van der Waals surface area contributed by atoms with Gasteiger partial charge in [-0.25, -0.2) is 0 Å². The van der Waals surface area contributed by atoms with Gasteiger partial charge in [-0.1, -0.05) is 30.3 Å². The predicted octanol–water partition coefficient (Wildman–Crippen LogP) is 3.62. The lowest BCUT2D eigenvalue weighted by Crippen LogP contribution is -2.35. The molecule has 0 amide bonds. The van der Waals surface area contributed by atoms with E-state index in [1.165, 1.54) is 5.56 Å². The van der Waals surface area contributed by atoms with Gasteiger partial charge in [0.1, 0.15) is 5.69 Å². The van der Waals surface area contributed by atoms with Crippen LogP contribution in [0.5, 0.6) is 0 Å². The zero-order chi connectivity index (χ0) is 15.9. The first-order valence-electron chi connectivity index (χ1n) is 7.22. The summed E-state index contributed by atoms with van der Waals surface area (Å²) in [5.41, 5.74) is 4.96. The van der Waals surface area contributed by atoms with Gasteiger partial charge in [-0.15, -0.1) is 0 Å². The summed E-state index contributed by atoms with van der Waals surface area (Å²) in [6, 6.07) is 13.4. The van der Waals surface area contributed by atoms with Crippen LogP contribution in [-0.4, -0.2) is 0 Å². The predicted molar refractivity (Wildman–Crippen MR) is 90.7 cm³/mol. The van der Waals surface area contributed by atoms with Crippen molar-refractivity contribution in [3.8, 4) is 11.1 Å². The van der Waals surface area contributed by atoms with Crippen molar-refractivity contribution in [2.24, 2.45) is 0 Å². The van der Waals surface area contributed by atoms with Crippen molar-refractivity contribution in [1.29, 1.82) is 0 Å². The standard InChI is InChI=1S/C19H17NO2/c1-11-9-13(3)15(10-12(11)2)16-17(19(22)18(16)21)20-14-7-5-4-6-8-14/h4-10,20H,1-3H3. The van der Waals surface area contributed by atoms with E-state index in [4.69, 9.17) is 0 Å². The van der Waals surface area contributed by atoms with Crippen LogP contribution in [0.25, 0.3) is 11.1 Å². The van der Waals surface area contributed by atoms with Crippen molar-refractivity contribution in [1.82, 2.24) is 0 Å². The Bertz CT molecular complexity index is 917. The Hall–Kier alpha value is -2.68. The molecule has 3 nitrogen and oxygen atoms in total. The van der Waals surface area contributed by atoms with Crippen molar-refractivity contribution >= 4 is 11.4 Å². The highest BCUT2D eigenvalue weighted by molar-refractivity contribution is 5.86. The molecule has 3 aromatic carbocycles. The van der Waals surface area contributed by atoms with Gasteiger partial charge in [0, 0.05) is 5.69 Å². The molecule has 0 saturated heterocycles. The first kappa shape index (κ1) is 14.3. The molecule has 0 unspecified atom stereocenters. The minimum atomic E-state index is -0.448. The number of para-hydroxylation sites is 1. The summed E-state index contributed by atoms with van der Waals surface area (Å²) in [6.45, 7) is 6.01. The number of hydrogen-bond acceptors (Lipinski definition) is 3. The van der Waals surface area contributed by atoms with Crippen molar-refractivity contribution in [2.45, 2.75) is 20.8 Å². The molecule has 0 bridgehead atoms. The van der Waals surface area contributed by atoms with E-state index in [2.05, 4.69) is 5.32 Å². The maximum absolute atomic E-state index is 12.1. The van der Waals surface area contributed by atoms with Crippen LogP contribution in [0.1, 0.15) is 16.7 Å². The number of benzene rings is 2. The molecule has 0 aromatic heterocycles. The van der Waals surface area contributed by atoms with Crippen LogP contribution in [0.2, 0.25) is 0 Å². The molecule has 3 rings (SSSR count). The number of aryl methyl sites for hydroxylation is 3. The zero-order valence-corrected chi connectivity index (χ0v) is 12.9. The van der Waals surface area contributed by atoms with E-state index < -0.39 is 10.9 Å². The molecule has 3 heteroatoms. The Morgan fingerprint density at radius 1 is 0.773 bits per heavy atom. The molecule has 110 valence electrons. The Balaban J connectivity index is 2.10. The second-order valence-corrected chi connectivity index (χ2v) is 5.65. The van der Waals surface area contributed by atoms with E-state index in [0.29, 0.717) is 11.3 Å². The van der Waals surface area contributed by atoms with Crippen LogP contribution in [0, 0.1) is 20.8 Å². The van der Waals surface area contributed by atoms with Crippen LogP contribution in [-0.2, 0) is 0 Å². The van der Waals surface area contributed by atoms with Crippen molar-refractivity contribution in [3.63, 3.8) is 0 Å². The second-order valence-electron chi connectivity index (χ2n) is 5.65. The Morgan fingerprint density at radius 2 is 1.41 bits per heavy atom. The summed E-state index contributed by atoms with van der Waals surface area (Å²) in [5, 5.41) is 3.08. The van der Waals surface area contributed by atoms with Gasteiger partial charge in [0.25, 0.3) is 5.43 Å². The molecule has 0 atom stereocenters. The number of hydrogen-bond donors (Lipinski definition) is 1. The fraction of sp³-hybridized carbons (Fsp3) is 0.158. The van der Waals surface area contributed by atoms with E-state index >= 15 is 0 Å². The first-order valence-corrected chi connectivity index (χ1v) is 7.22. The fourth-order valence-corrected chi connectivity index (χ4v) is 2.66. The highest BCUT2D eigenvalue weighted by atomic mass is 16.2. The average molecular weight is 291 g/mol. The lowest BCUT2D eigenvalue weighted by atomic mass is 9.91. The van der Waals surface area contributed by atoms with Gasteiger partial charge < -0.3 is 5.32 Å². The van der Waals surface area contributed by atoms with Crippen LogP contribution in [0.3, 0.4) is 0 Å². The Morgan fingerprint density at radius 3 is 2.09 bits per heavy atom. The molecule has 0 fully saturated rings. The molecule has 0 aliphatic heterocycles. The summed E-state index contributed by atoms with van der Waals surface area (Å²) in [7, 11) is 0. The van der Waals surface area contributed by atoms with E-state index in [0.717, 1.165) is 22.4 Å². The molecule has 0 saturated carbocycles. The van der Waals surface area contributed by atoms with Crippen molar-refractivity contribution in [2.75, 3.05) is 5.32 Å². The second kappa shape index (κ2) is 5.26. The SMILES string of the molecule is Cc1cc(C)c(-c2c(Nc3ccccc3)c(=O)c2=O)cc1C. The maximum Gasteiger partial charge on any atom is 0.250 e. The molecule has 0 aliphatic carbocycles. The molecule has 0 radical (unpaired) electrons. The van der Waals surface area contributed by atoms with Crippen LogP contribution in [0.15, 0.2) is 52.1 Å². The van der Waals surface area contributed by atoms with Gasteiger partial charge in [-0.2, -0.15) is 0 Å². The smallest absolute Gasteiger partial charge is 0.250 e. The quantitative estimate of drug-likeness (QED) is 0.750. The normalized spacial score (nSPS) is 10.9. The van der Waals surface area contributed by atoms with Crippen LogP contribution < -0.4 is 16.2 Å². The molecule has 0 heterocycles. The summed E-state index contributed by atoms with van der Waals surface area (Å²) in [6.07, 6.45) is 0. The summed E-state index contributed by atoms with van der Waals surface area (Å²) < 4.78 is 0. The van der Waals surface area contributed by atoms with Gasteiger partial charge in [0.15, 0.2) is 0 Å². The van der Waals surface area contributed by atoms with Gasteiger partial charge >= 0.3 is 0 Å². The monoisotopic (exact) mass is 291 g/mol. The van der Waals surface area contributed by atoms with Gasteiger partial charge in [-0.05, 0) is 55.2 Å². The number of nitrogens with one attached hydrogen (secondary N) is 1. The fourth-order valence-electron chi connectivity index (χ4n) is 2.66. The zero-order valence-electron chi connectivity index (χ0n) is 12.9. The van der Waals surface area contributed by atoms with E-state index in [1.807, 2.05) is 63.2 Å². The van der Waals surface area contributed by atoms with E-state index in [1.54, 1.807) is 0 Å². The largest absolute Gasteiger partial charge is 0.352 e. The van der Waals surface area contributed by atoms with Crippen molar-refractivity contribution < 1.29 is 0 Å². The minimum Gasteiger partial charge on any atom is -0.352 e. The third-order valence-corrected chi connectivity index (χ3v) is 4.06. The molecule has 1 N–H and O–H groups in total. The molecule has 22 heavy (non-hydrogen) atoms. The average Bonchev–Trinajstić information content (AvgIpc) is 2.52. The summed E-state index contributed by atoms with van der Waals surface area (Å²) in [4.78, 5) is 24.0. The Kier molecular flexibility index (Phi) is 3.41. The third kappa shape index (κ3) is 2.25. The van der Waals surface area contributed by atoms with E-state index in [9.17, 15) is 9.59 Å². The number of anilines is 2.